The predicted octanol–water partition coefficient (Wildman–Crippen LogP) is 3.37. The number of rotatable bonds is 5. The molecule has 0 aliphatic rings. The number of ether oxygens (including phenoxy) is 1. The van der Waals surface area contributed by atoms with Crippen LogP contribution in [-0.4, -0.2) is 19.5 Å². The Kier molecular flexibility index (Phi) is 5.11. The lowest BCUT2D eigenvalue weighted by Crippen LogP contribution is -2.34. The van der Waals surface area contributed by atoms with Gasteiger partial charge in [-0.1, -0.05) is 13.8 Å². The molecule has 0 unspecified atom stereocenters. The molecule has 0 heterocycles. The van der Waals surface area contributed by atoms with Crippen LogP contribution in [0.1, 0.15) is 36.1 Å². The number of methoxy groups -OCH3 is 1. The van der Waals surface area contributed by atoms with Crippen LogP contribution in [0, 0.1) is 20.8 Å². The number of aryl methyl sites for hydroxylation is 1. The Morgan fingerprint density at radius 3 is 2.33 bits per heavy atom. The molecule has 0 radical (unpaired) electrons. The molecule has 18 heavy (non-hydrogen) atoms. The highest BCUT2D eigenvalue weighted by atomic mass is 32.1. The molecule has 0 atom stereocenters. The molecule has 1 aromatic rings. The first kappa shape index (κ1) is 15.4. The Morgan fingerprint density at radius 2 is 1.83 bits per heavy atom. The zero-order valence-corrected chi connectivity index (χ0v) is 13.2. The van der Waals surface area contributed by atoms with E-state index in [0.717, 1.165) is 12.3 Å². The summed E-state index contributed by atoms with van der Waals surface area (Å²) in [5.74, 6) is 1.68. The van der Waals surface area contributed by atoms with Crippen LogP contribution in [0.3, 0.4) is 0 Å². The van der Waals surface area contributed by atoms with Crippen molar-refractivity contribution >= 4 is 12.6 Å². The number of nitrogens with one attached hydrogen (secondary N) is 1. The maximum atomic E-state index is 5.43. The van der Waals surface area contributed by atoms with E-state index in [0.29, 0.717) is 5.88 Å². The number of hydrogen-bond acceptors (Lipinski definition) is 3. The van der Waals surface area contributed by atoms with Crippen LogP contribution < -0.4 is 10.1 Å². The van der Waals surface area contributed by atoms with Gasteiger partial charge in [-0.3, -0.25) is 0 Å². The van der Waals surface area contributed by atoms with Gasteiger partial charge in [0, 0.05) is 17.8 Å². The van der Waals surface area contributed by atoms with Gasteiger partial charge in [-0.25, -0.2) is 0 Å². The second kappa shape index (κ2) is 5.98. The number of benzene rings is 1. The fourth-order valence-corrected chi connectivity index (χ4v) is 2.87. The first-order valence-electron chi connectivity index (χ1n) is 6.32. The highest BCUT2D eigenvalue weighted by Crippen LogP contribution is 2.35. The van der Waals surface area contributed by atoms with Crippen molar-refractivity contribution in [1.29, 1.82) is 0 Å². The summed E-state index contributed by atoms with van der Waals surface area (Å²) in [6.07, 6.45) is 0. The van der Waals surface area contributed by atoms with Crippen LogP contribution in [0.2, 0.25) is 0 Å². The molecule has 0 aliphatic carbocycles. The van der Waals surface area contributed by atoms with E-state index in [4.69, 9.17) is 4.74 Å². The van der Waals surface area contributed by atoms with Crippen molar-refractivity contribution < 1.29 is 4.74 Å². The minimum Gasteiger partial charge on any atom is -0.496 e. The summed E-state index contributed by atoms with van der Waals surface area (Å²) in [4.78, 5) is 0. The first-order valence-corrected chi connectivity index (χ1v) is 6.95. The Bertz CT molecular complexity index is 427. The molecule has 0 aliphatic heterocycles. The molecule has 0 saturated carbocycles. The monoisotopic (exact) mass is 267 g/mol. The van der Waals surface area contributed by atoms with E-state index in [9.17, 15) is 0 Å². The van der Waals surface area contributed by atoms with Crippen molar-refractivity contribution in [2.75, 3.05) is 19.5 Å². The third kappa shape index (κ3) is 3.01. The molecule has 1 rings (SSSR count). The van der Waals surface area contributed by atoms with Crippen LogP contribution in [0.4, 0.5) is 0 Å². The predicted molar refractivity (Wildman–Crippen MR) is 82.1 cm³/mol. The largest absolute Gasteiger partial charge is 0.496 e. The summed E-state index contributed by atoms with van der Waals surface area (Å²) < 4.78 is 5.43. The third-order valence-electron chi connectivity index (χ3n) is 3.62. The van der Waals surface area contributed by atoms with Crippen LogP contribution in [0.5, 0.6) is 5.75 Å². The molecule has 0 fully saturated rings. The van der Waals surface area contributed by atoms with E-state index in [-0.39, 0.29) is 5.41 Å². The number of thiol groups is 1. The summed E-state index contributed by atoms with van der Waals surface area (Å²) in [5.41, 5.74) is 5.36. The van der Waals surface area contributed by atoms with Gasteiger partial charge in [0.1, 0.15) is 5.75 Å². The Balaban J connectivity index is 3.28. The van der Waals surface area contributed by atoms with Crippen molar-refractivity contribution in [3.8, 4) is 5.75 Å². The van der Waals surface area contributed by atoms with Gasteiger partial charge in [0.15, 0.2) is 0 Å². The summed E-state index contributed by atoms with van der Waals surface area (Å²) >= 11 is 4.22. The lowest BCUT2D eigenvalue weighted by atomic mass is 9.78. The summed E-state index contributed by atoms with van der Waals surface area (Å²) in [6.45, 7) is 11.9. The van der Waals surface area contributed by atoms with Gasteiger partial charge in [-0.2, -0.15) is 12.6 Å². The summed E-state index contributed by atoms with van der Waals surface area (Å²) in [6, 6.07) is 2.14. The minimum atomic E-state index is 0.0912. The summed E-state index contributed by atoms with van der Waals surface area (Å²) in [5, 5.41) is 3.32. The lowest BCUT2D eigenvalue weighted by Gasteiger charge is -2.30. The summed E-state index contributed by atoms with van der Waals surface area (Å²) in [7, 11) is 1.73. The van der Waals surface area contributed by atoms with Gasteiger partial charge < -0.3 is 10.1 Å². The lowest BCUT2D eigenvalue weighted by molar-refractivity contribution is 0.409. The third-order valence-corrected chi connectivity index (χ3v) is 3.85. The van der Waals surface area contributed by atoms with E-state index >= 15 is 0 Å². The molecule has 0 aromatic heterocycles. The molecule has 3 heteroatoms. The molecule has 1 aromatic carbocycles. The minimum absolute atomic E-state index is 0.0912. The van der Waals surface area contributed by atoms with E-state index in [1.54, 1.807) is 7.11 Å². The normalized spacial score (nSPS) is 11.7. The van der Waals surface area contributed by atoms with E-state index < -0.39 is 0 Å². The molecule has 0 saturated heterocycles. The fraction of sp³-hybridized carbons (Fsp3) is 0.600. The fourth-order valence-electron chi connectivity index (χ4n) is 2.76. The van der Waals surface area contributed by atoms with E-state index in [2.05, 4.69) is 58.6 Å². The molecular formula is C15H25NOS. The van der Waals surface area contributed by atoms with Gasteiger partial charge in [0.05, 0.1) is 7.11 Å². The Morgan fingerprint density at radius 1 is 1.22 bits per heavy atom. The Hall–Kier alpha value is -0.670. The maximum Gasteiger partial charge on any atom is 0.122 e. The molecule has 0 amide bonds. The zero-order chi connectivity index (χ0) is 13.9. The number of hydrogen-bond donors (Lipinski definition) is 2. The molecule has 102 valence electrons. The van der Waals surface area contributed by atoms with Crippen molar-refractivity contribution in [3.05, 3.63) is 28.3 Å². The molecule has 1 N–H and O–H groups in total. The highest BCUT2D eigenvalue weighted by molar-refractivity contribution is 7.80. The topological polar surface area (TPSA) is 21.3 Å². The van der Waals surface area contributed by atoms with Crippen molar-refractivity contribution in [2.24, 2.45) is 0 Å². The van der Waals surface area contributed by atoms with E-state index in [1.807, 2.05) is 0 Å². The van der Waals surface area contributed by atoms with Gasteiger partial charge in [-0.05, 0) is 49.1 Å². The van der Waals surface area contributed by atoms with Crippen LogP contribution in [-0.2, 0) is 5.41 Å². The van der Waals surface area contributed by atoms with Crippen molar-refractivity contribution in [3.63, 3.8) is 0 Å². The first-order chi connectivity index (χ1) is 8.35. The van der Waals surface area contributed by atoms with Crippen molar-refractivity contribution in [1.82, 2.24) is 5.32 Å². The average Bonchev–Trinajstić information content (AvgIpc) is 2.31. The van der Waals surface area contributed by atoms with Crippen LogP contribution >= 0.6 is 12.6 Å². The molecule has 2 nitrogen and oxygen atoms in total. The average molecular weight is 267 g/mol. The SMILES string of the molecule is COc1cc(C)c(C(C)(C)CNCS)c(C)c1C. The molecule has 0 bridgehead atoms. The highest BCUT2D eigenvalue weighted by Gasteiger charge is 2.25. The van der Waals surface area contributed by atoms with Gasteiger partial charge in [-0.15, -0.1) is 0 Å². The smallest absolute Gasteiger partial charge is 0.122 e. The zero-order valence-electron chi connectivity index (χ0n) is 12.3. The molecular weight excluding hydrogens is 242 g/mol. The standard InChI is InChI=1S/C15H25NOS/c1-10-7-13(17-6)11(2)12(3)14(10)15(4,5)8-16-9-18/h7,16,18H,8-9H2,1-6H3. The van der Waals surface area contributed by atoms with Crippen LogP contribution in [0.25, 0.3) is 0 Å². The van der Waals surface area contributed by atoms with E-state index in [1.165, 1.54) is 22.3 Å². The maximum absolute atomic E-state index is 5.43. The Labute approximate surface area is 117 Å². The van der Waals surface area contributed by atoms with Gasteiger partial charge in [0.25, 0.3) is 0 Å². The second-order valence-electron chi connectivity index (χ2n) is 5.49. The molecule has 0 spiro atoms. The van der Waals surface area contributed by atoms with Gasteiger partial charge >= 0.3 is 0 Å². The van der Waals surface area contributed by atoms with Crippen LogP contribution in [0.15, 0.2) is 6.07 Å². The second-order valence-corrected chi connectivity index (χ2v) is 5.81. The van der Waals surface area contributed by atoms with Crippen molar-refractivity contribution in [2.45, 2.75) is 40.0 Å². The quantitative estimate of drug-likeness (QED) is 0.630. The van der Waals surface area contributed by atoms with Gasteiger partial charge in [0.2, 0.25) is 0 Å².